The van der Waals surface area contributed by atoms with Gasteiger partial charge in [0.1, 0.15) is 5.69 Å². The van der Waals surface area contributed by atoms with Crippen molar-refractivity contribution < 1.29 is 9.59 Å². The highest BCUT2D eigenvalue weighted by Crippen LogP contribution is 2.31. The van der Waals surface area contributed by atoms with Crippen molar-refractivity contribution in [1.82, 2.24) is 24.7 Å². The van der Waals surface area contributed by atoms with Crippen LogP contribution in [0.4, 0.5) is 0 Å². The first kappa shape index (κ1) is 18.5. The summed E-state index contributed by atoms with van der Waals surface area (Å²) in [7, 11) is 1.89. The van der Waals surface area contributed by atoms with Gasteiger partial charge in [0.2, 0.25) is 5.91 Å². The van der Waals surface area contributed by atoms with Crippen molar-refractivity contribution in [3.05, 3.63) is 18.2 Å². The number of carbonyl (C=O) groups excluding carboxylic acids is 2. The average Bonchev–Trinajstić information content (AvgIpc) is 3.34. The van der Waals surface area contributed by atoms with Crippen LogP contribution in [0.15, 0.2) is 12.5 Å². The number of carbonyl (C=O) groups is 2. The molecule has 7 heteroatoms. The van der Waals surface area contributed by atoms with Gasteiger partial charge in [0, 0.05) is 51.9 Å². The van der Waals surface area contributed by atoms with Crippen LogP contribution >= 0.6 is 0 Å². The molecule has 27 heavy (non-hydrogen) atoms. The third kappa shape index (κ3) is 4.18. The molecule has 0 saturated carbocycles. The van der Waals surface area contributed by atoms with Gasteiger partial charge in [-0.05, 0) is 50.5 Å². The normalized spacial score (nSPS) is 27.8. The SMILES string of the molecule is Cn1cnc(C(=O)N2CC3CN[C@H](CCCC(=O)N4CCCC4)C(C3)C2)c1. The Hall–Kier alpha value is -1.89. The van der Waals surface area contributed by atoms with Crippen LogP contribution in [0.2, 0.25) is 0 Å². The Kier molecular flexibility index (Phi) is 5.48. The van der Waals surface area contributed by atoms with Crippen molar-refractivity contribution in [2.24, 2.45) is 18.9 Å². The zero-order chi connectivity index (χ0) is 18.8. The van der Waals surface area contributed by atoms with Gasteiger partial charge in [-0.25, -0.2) is 4.98 Å². The third-order valence-electron chi connectivity index (χ3n) is 6.38. The van der Waals surface area contributed by atoms with Crippen LogP contribution in [-0.2, 0) is 11.8 Å². The van der Waals surface area contributed by atoms with Crippen molar-refractivity contribution in [3.63, 3.8) is 0 Å². The molecular formula is C20H31N5O2. The van der Waals surface area contributed by atoms with Crippen LogP contribution in [0.25, 0.3) is 0 Å². The molecule has 2 unspecified atom stereocenters. The molecule has 0 spiro atoms. The second kappa shape index (κ2) is 8.00. The third-order valence-corrected chi connectivity index (χ3v) is 6.38. The first-order valence-electron chi connectivity index (χ1n) is 10.4. The first-order valence-corrected chi connectivity index (χ1v) is 10.4. The van der Waals surface area contributed by atoms with Gasteiger partial charge < -0.3 is 19.7 Å². The number of likely N-dealkylation sites (tertiary alicyclic amines) is 2. The fraction of sp³-hybridized carbons (Fsp3) is 0.750. The van der Waals surface area contributed by atoms with E-state index in [0.29, 0.717) is 35.9 Å². The van der Waals surface area contributed by atoms with Crippen LogP contribution in [0.3, 0.4) is 0 Å². The summed E-state index contributed by atoms with van der Waals surface area (Å²) in [5.41, 5.74) is 0.540. The first-order chi connectivity index (χ1) is 13.1. The fourth-order valence-electron chi connectivity index (χ4n) is 4.96. The Bertz CT molecular complexity index is 682. The molecule has 1 N–H and O–H groups in total. The summed E-state index contributed by atoms with van der Waals surface area (Å²) in [6, 6.07) is 0.409. The zero-order valence-electron chi connectivity index (χ0n) is 16.3. The van der Waals surface area contributed by atoms with E-state index in [2.05, 4.69) is 10.3 Å². The molecular weight excluding hydrogens is 342 g/mol. The van der Waals surface area contributed by atoms with Crippen LogP contribution < -0.4 is 5.32 Å². The Morgan fingerprint density at radius 1 is 1.22 bits per heavy atom. The highest BCUT2D eigenvalue weighted by molar-refractivity contribution is 5.92. The monoisotopic (exact) mass is 373 g/mol. The van der Waals surface area contributed by atoms with Crippen LogP contribution in [0, 0.1) is 11.8 Å². The summed E-state index contributed by atoms with van der Waals surface area (Å²) in [6.07, 6.45) is 9.57. The second-order valence-electron chi connectivity index (χ2n) is 8.49. The molecule has 2 bridgehead atoms. The smallest absolute Gasteiger partial charge is 0.274 e. The molecule has 2 amide bonds. The standard InChI is InChI=1S/C20H31N5O2/c1-23-13-18(22-14-23)20(27)25-11-15-9-16(12-25)17(21-10-15)5-4-6-19(26)24-7-2-3-8-24/h13-17,21H,2-12H2,1H3/t15?,16?,17-/m1/s1. The van der Waals surface area contributed by atoms with Gasteiger partial charge in [-0.1, -0.05) is 0 Å². The van der Waals surface area contributed by atoms with Gasteiger partial charge in [-0.2, -0.15) is 0 Å². The second-order valence-corrected chi connectivity index (χ2v) is 8.49. The molecule has 1 aromatic heterocycles. The molecule has 3 aliphatic rings. The molecule has 0 aliphatic carbocycles. The number of piperidine rings is 2. The van der Waals surface area contributed by atoms with Crippen LogP contribution in [-0.4, -0.2) is 69.9 Å². The lowest BCUT2D eigenvalue weighted by Gasteiger charge is -2.46. The summed E-state index contributed by atoms with van der Waals surface area (Å²) in [5, 5.41) is 3.69. The molecule has 7 nitrogen and oxygen atoms in total. The van der Waals surface area contributed by atoms with E-state index in [4.69, 9.17) is 0 Å². The molecule has 4 heterocycles. The minimum atomic E-state index is 0.0511. The molecule has 4 rings (SSSR count). The molecule has 0 aromatic carbocycles. The van der Waals surface area contributed by atoms with Crippen LogP contribution in [0.1, 0.15) is 49.0 Å². The molecule has 3 fully saturated rings. The largest absolute Gasteiger partial charge is 0.343 e. The summed E-state index contributed by atoms with van der Waals surface area (Å²) >= 11 is 0. The lowest BCUT2D eigenvalue weighted by atomic mass is 9.79. The number of aryl methyl sites for hydroxylation is 1. The van der Waals surface area contributed by atoms with E-state index < -0.39 is 0 Å². The molecule has 0 radical (unpaired) electrons. The van der Waals surface area contributed by atoms with E-state index in [1.165, 1.54) is 6.42 Å². The quantitative estimate of drug-likeness (QED) is 0.844. The summed E-state index contributed by atoms with van der Waals surface area (Å²) in [5.74, 6) is 1.37. The Balaban J connectivity index is 1.29. The van der Waals surface area contributed by atoms with E-state index in [1.54, 1.807) is 12.5 Å². The maximum atomic E-state index is 12.8. The maximum absolute atomic E-state index is 12.8. The lowest BCUT2D eigenvalue weighted by Crippen LogP contribution is -2.57. The molecule has 3 saturated heterocycles. The predicted octanol–water partition coefficient (Wildman–Crippen LogP) is 1.26. The number of nitrogens with one attached hydrogen (secondary N) is 1. The number of imidazole rings is 1. The number of rotatable bonds is 5. The van der Waals surface area contributed by atoms with Gasteiger partial charge in [0.05, 0.1) is 6.33 Å². The molecule has 1 aromatic rings. The van der Waals surface area contributed by atoms with E-state index >= 15 is 0 Å². The average molecular weight is 374 g/mol. The molecule has 3 aliphatic heterocycles. The Morgan fingerprint density at radius 3 is 2.78 bits per heavy atom. The van der Waals surface area contributed by atoms with Crippen LogP contribution in [0.5, 0.6) is 0 Å². The minimum Gasteiger partial charge on any atom is -0.343 e. The summed E-state index contributed by atoms with van der Waals surface area (Å²) < 4.78 is 1.82. The zero-order valence-corrected chi connectivity index (χ0v) is 16.3. The number of hydrogen-bond donors (Lipinski definition) is 1. The van der Waals surface area contributed by atoms with Crippen molar-refractivity contribution in [2.75, 3.05) is 32.7 Å². The van der Waals surface area contributed by atoms with Gasteiger partial charge >= 0.3 is 0 Å². The van der Waals surface area contributed by atoms with E-state index in [-0.39, 0.29) is 5.91 Å². The van der Waals surface area contributed by atoms with Gasteiger partial charge in [0.15, 0.2) is 0 Å². The number of nitrogens with zero attached hydrogens (tertiary/aromatic N) is 4. The summed E-state index contributed by atoms with van der Waals surface area (Å²) in [4.78, 5) is 33.3. The summed E-state index contributed by atoms with van der Waals surface area (Å²) in [6.45, 7) is 4.46. The lowest BCUT2D eigenvalue weighted by molar-refractivity contribution is -0.130. The minimum absolute atomic E-state index is 0.0511. The molecule has 148 valence electrons. The van der Waals surface area contributed by atoms with Gasteiger partial charge in [-0.3, -0.25) is 9.59 Å². The van der Waals surface area contributed by atoms with Gasteiger partial charge in [-0.15, -0.1) is 0 Å². The topological polar surface area (TPSA) is 70.5 Å². The number of amides is 2. The number of hydrogen-bond acceptors (Lipinski definition) is 4. The number of aromatic nitrogens is 2. The van der Waals surface area contributed by atoms with Crippen molar-refractivity contribution in [3.8, 4) is 0 Å². The predicted molar refractivity (Wildman–Crippen MR) is 102 cm³/mol. The van der Waals surface area contributed by atoms with E-state index in [0.717, 1.165) is 58.4 Å². The van der Waals surface area contributed by atoms with E-state index in [9.17, 15) is 9.59 Å². The van der Waals surface area contributed by atoms with Gasteiger partial charge in [0.25, 0.3) is 5.91 Å². The van der Waals surface area contributed by atoms with Crippen molar-refractivity contribution >= 4 is 11.8 Å². The van der Waals surface area contributed by atoms with Crippen molar-refractivity contribution in [1.29, 1.82) is 0 Å². The Labute approximate surface area is 161 Å². The highest BCUT2D eigenvalue weighted by atomic mass is 16.2. The number of fused-ring (bicyclic) bond motifs is 2. The fourth-order valence-corrected chi connectivity index (χ4v) is 4.96. The maximum Gasteiger partial charge on any atom is 0.274 e. The van der Waals surface area contributed by atoms with Crippen molar-refractivity contribution in [2.45, 2.75) is 44.6 Å². The van der Waals surface area contributed by atoms with E-state index in [1.807, 2.05) is 21.4 Å². The molecule has 3 atom stereocenters. The Morgan fingerprint density at radius 2 is 2.04 bits per heavy atom. The highest BCUT2D eigenvalue weighted by Gasteiger charge is 2.38.